The lowest BCUT2D eigenvalue weighted by Gasteiger charge is -2.13. The second kappa shape index (κ2) is 8.79. The van der Waals surface area contributed by atoms with Crippen molar-refractivity contribution < 1.29 is 24.5 Å². The lowest BCUT2D eigenvalue weighted by atomic mass is 10.1. The normalized spacial score (nSPS) is 10.6. The molecule has 29 heavy (non-hydrogen) atoms. The molecule has 0 amide bonds. The van der Waals surface area contributed by atoms with E-state index in [2.05, 4.69) is 4.98 Å². The molecule has 0 radical (unpaired) electrons. The third-order valence-electron chi connectivity index (χ3n) is 4.27. The van der Waals surface area contributed by atoms with Crippen LogP contribution in [-0.4, -0.2) is 26.9 Å². The fraction of sp³-hybridized carbons (Fsp3) is 0.136. The number of aromatic nitrogens is 1. The van der Waals surface area contributed by atoms with Crippen molar-refractivity contribution in [3.8, 4) is 11.5 Å². The predicted molar refractivity (Wildman–Crippen MR) is 109 cm³/mol. The predicted octanol–water partition coefficient (Wildman–Crippen LogP) is 4.73. The zero-order valence-corrected chi connectivity index (χ0v) is 16.7. The second-order valence-corrected chi connectivity index (χ2v) is 7.40. The molecule has 6 nitrogen and oxygen atoms in total. The number of nitrogens with zero attached hydrogens (tertiary/aromatic N) is 1. The molecule has 0 spiro atoms. The molecular formula is C22H19NO5S. The highest BCUT2D eigenvalue weighted by Crippen LogP contribution is 2.32. The number of pyridine rings is 1. The number of carboxylic acids is 1. The van der Waals surface area contributed by atoms with Crippen LogP contribution in [0.15, 0.2) is 64.6 Å². The number of aromatic carboxylic acids is 1. The molecule has 0 aliphatic carbocycles. The highest BCUT2D eigenvalue weighted by atomic mass is 32.2. The molecule has 0 unspecified atom stereocenters. The van der Waals surface area contributed by atoms with E-state index in [9.17, 15) is 19.8 Å². The number of phenols is 1. The van der Waals surface area contributed by atoms with Gasteiger partial charge in [-0.15, -0.1) is 0 Å². The first-order valence-electron chi connectivity index (χ1n) is 8.78. The highest BCUT2D eigenvalue weighted by molar-refractivity contribution is 7.99. The average molecular weight is 409 g/mol. The standard InChI is InChI=1S/C22H19NO5S/c1-13-19(9-8-17(14(2)24)20(13)25)28-12-15-5-3-6-16(11-15)29-21-18(22(26)27)7-4-10-23-21/h3-11,25H,12H2,1-2H3,(H,26,27). The number of carboxylic acid groups (broad SMARTS) is 1. The highest BCUT2D eigenvalue weighted by Gasteiger charge is 2.14. The number of ether oxygens (including phenoxy) is 1. The van der Waals surface area contributed by atoms with Gasteiger partial charge in [0.2, 0.25) is 0 Å². The van der Waals surface area contributed by atoms with Crippen LogP contribution in [-0.2, 0) is 6.61 Å². The Morgan fingerprint density at radius 3 is 2.62 bits per heavy atom. The van der Waals surface area contributed by atoms with Gasteiger partial charge in [0.25, 0.3) is 0 Å². The van der Waals surface area contributed by atoms with Crippen molar-refractivity contribution in [1.29, 1.82) is 0 Å². The van der Waals surface area contributed by atoms with Crippen molar-refractivity contribution in [3.05, 3.63) is 77.0 Å². The number of Topliss-reactive ketones (excluding diaryl/α,β-unsaturated/α-hetero) is 1. The van der Waals surface area contributed by atoms with Crippen molar-refractivity contribution in [2.45, 2.75) is 30.4 Å². The maximum atomic E-state index is 11.5. The minimum atomic E-state index is -1.02. The molecule has 0 saturated carbocycles. The summed E-state index contributed by atoms with van der Waals surface area (Å²) in [5.74, 6) is -0.819. The van der Waals surface area contributed by atoms with Crippen molar-refractivity contribution in [3.63, 3.8) is 0 Å². The number of carbonyl (C=O) groups is 2. The van der Waals surface area contributed by atoms with E-state index in [4.69, 9.17) is 4.74 Å². The number of carbonyl (C=O) groups excluding carboxylic acids is 1. The topological polar surface area (TPSA) is 96.7 Å². The zero-order valence-electron chi connectivity index (χ0n) is 15.9. The quantitative estimate of drug-likeness (QED) is 0.545. The Balaban J connectivity index is 1.75. The van der Waals surface area contributed by atoms with E-state index >= 15 is 0 Å². The first-order valence-corrected chi connectivity index (χ1v) is 9.60. The van der Waals surface area contributed by atoms with Crippen LogP contribution in [0.2, 0.25) is 0 Å². The van der Waals surface area contributed by atoms with Gasteiger partial charge in [-0.05, 0) is 55.8 Å². The van der Waals surface area contributed by atoms with Crippen LogP contribution in [0.25, 0.3) is 0 Å². The molecule has 148 valence electrons. The van der Waals surface area contributed by atoms with Gasteiger partial charge in [-0.3, -0.25) is 4.79 Å². The molecule has 0 aliphatic rings. The van der Waals surface area contributed by atoms with Crippen molar-refractivity contribution in [2.75, 3.05) is 0 Å². The second-order valence-electron chi connectivity index (χ2n) is 6.34. The zero-order chi connectivity index (χ0) is 21.0. The van der Waals surface area contributed by atoms with E-state index in [-0.39, 0.29) is 29.3 Å². The molecule has 0 saturated heterocycles. The number of phenolic OH excluding ortho intramolecular Hbond substituents is 1. The third-order valence-corrected chi connectivity index (χ3v) is 5.28. The minimum absolute atomic E-state index is 0.0735. The smallest absolute Gasteiger partial charge is 0.338 e. The van der Waals surface area contributed by atoms with Crippen LogP contribution in [0, 0.1) is 6.92 Å². The molecular weight excluding hydrogens is 390 g/mol. The number of ketones is 1. The molecule has 0 atom stereocenters. The number of benzene rings is 2. The van der Waals surface area contributed by atoms with Gasteiger partial charge in [0.15, 0.2) is 5.78 Å². The number of hydrogen-bond acceptors (Lipinski definition) is 6. The maximum absolute atomic E-state index is 11.5. The molecule has 7 heteroatoms. The summed E-state index contributed by atoms with van der Waals surface area (Å²) >= 11 is 1.26. The van der Waals surface area contributed by atoms with Gasteiger partial charge in [0.05, 0.1) is 11.1 Å². The molecule has 0 fully saturated rings. The molecule has 0 aliphatic heterocycles. The van der Waals surface area contributed by atoms with Gasteiger partial charge >= 0.3 is 5.97 Å². The molecule has 2 N–H and O–H groups in total. The summed E-state index contributed by atoms with van der Waals surface area (Å²) in [5.41, 5.74) is 1.79. The van der Waals surface area contributed by atoms with Crippen LogP contribution >= 0.6 is 11.8 Å². The maximum Gasteiger partial charge on any atom is 0.338 e. The minimum Gasteiger partial charge on any atom is -0.507 e. The Morgan fingerprint density at radius 1 is 1.10 bits per heavy atom. The summed E-state index contributed by atoms with van der Waals surface area (Å²) in [6.07, 6.45) is 1.56. The monoisotopic (exact) mass is 409 g/mol. The van der Waals surface area contributed by atoms with Gasteiger partial charge in [-0.25, -0.2) is 9.78 Å². The molecule has 2 aromatic carbocycles. The lowest BCUT2D eigenvalue weighted by Crippen LogP contribution is -2.01. The van der Waals surface area contributed by atoms with Crippen LogP contribution in [0.1, 0.15) is 38.8 Å². The summed E-state index contributed by atoms with van der Waals surface area (Å²) in [6, 6.07) is 13.8. The van der Waals surface area contributed by atoms with Gasteiger partial charge in [-0.2, -0.15) is 0 Å². The summed E-state index contributed by atoms with van der Waals surface area (Å²) < 4.78 is 5.82. The van der Waals surface area contributed by atoms with Crippen LogP contribution in [0.5, 0.6) is 11.5 Å². The fourth-order valence-electron chi connectivity index (χ4n) is 2.73. The van der Waals surface area contributed by atoms with Gasteiger partial charge in [0.1, 0.15) is 23.1 Å². The summed E-state index contributed by atoms with van der Waals surface area (Å²) in [5, 5.41) is 19.9. The lowest BCUT2D eigenvalue weighted by molar-refractivity contribution is 0.0692. The number of hydrogen-bond donors (Lipinski definition) is 2. The Kier molecular flexibility index (Phi) is 6.19. The average Bonchev–Trinajstić information content (AvgIpc) is 2.69. The Labute approximate surface area is 172 Å². The van der Waals surface area contributed by atoms with E-state index in [1.165, 1.54) is 24.8 Å². The largest absolute Gasteiger partial charge is 0.507 e. The van der Waals surface area contributed by atoms with Crippen LogP contribution in [0.3, 0.4) is 0 Å². The first-order chi connectivity index (χ1) is 13.9. The van der Waals surface area contributed by atoms with Gasteiger partial charge in [-0.1, -0.05) is 23.9 Å². The van der Waals surface area contributed by atoms with Crippen LogP contribution in [0.4, 0.5) is 0 Å². The molecule has 0 bridgehead atoms. The summed E-state index contributed by atoms with van der Waals surface area (Å²) in [7, 11) is 0. The van der Waals surface area contributed by atoms with E-state index in [1.54, 1.807) is 31.3 Å². The summed E-state index contributed by atoms with van der Waals surface area (Å²) in [6.45, 7) is 3.34. The molecule has 3 aromatic rings. The Bertz CT molecular complexity index is 1080. The van der Waals surface area contributed by atoms with E-state index in [1.807, 2.05) is 24.3 Å². The van der Waals surface area contributed by atoms with E-state index in [0.29, 0.717) is 16.3 Å². The van der Waals surface area contributed by atoms with Gasteiger partial charge in [0, 0.05) is 16.7 Å². The third kappa shape index (κ3) is 4.75. The SMILES string of the molecule is CC(=O)c1ccc(OCc2cccc(Sc3ncccc3C(=O)O)c2)c(C)c1O. The van der Waals surface area contributed by atoms with Crippen molar-refractivity contribution in [1.82, 2.24) is 4.98 Å². The van der Waals surface area contributed by atoms with E-state index < -0.39 is 5.97 Å². The number of rotatable bonds is 7. The molecule has 1 aromatic heterocycles. The van der Waals surface area contributed by atoms with Crippen molar-refractivity contribution >= 4 is 23.5 Å². The molecule has 1 heterocycles. The fourth-order valence-corrected chi connectivity index (χ4v) is 3.69. The first kappa shape index (κ1) is 20.4. The number of aromatic hydroxyl groups is 1. The van der Waals surface area contributed by atoms with E-state index in [0.717, 1.165) is 10.5 Å². The van der Waals surface area contributed by atoms with Crippen LogP contribution < -0.4 is 4.74 Å². The Hall–Kier alpha value is -3.32. The van der Waals surface area contributed by atoms with Crippen molar-refractivity contribution in [2.24, 2.45) is 0 Å². The summed E-state index contributed by atoms with van der Waals surface area (Å²) in [4.78, 5) is 27.9. The van der Waals surface area contributed by atoms with Gasteiger partial charge < -0.3 is 14.9 Å². The Morgan fingerprint density at radius 2 is 1.90 bits per heavy atom. The molecule has 3 rings (SSSR count).